The van der Waals surface area contributed by atoms with Crippen LogP contribution in [0.3, 0.4) is 0 Å². The van der Waals surface area contributed by atoms with Crippen molar-refractivity contribution in [2.45, 2.75) is 6.92 Å². The van der Waals surface area contributed by atoms with Gasteiger partial charge in [-0.2, -0.15) is 5.10 Å². The third-order valence-electron chi connectivity index (χ3n) is 4.43. The Hall–Kier alpha value is -2.93. The smallest absolute Gasteiger partial charge is 0.266 e. The molecule has 8 heteroatoms. The Morgan fingerprint density at radius 3 is 2.57 bits per heavy atom. The van der Waals surface area contributed by atoms with E-state index in [0.717, 1.165) is 0 Å². The second kappa shape index (κ2) is 8.44. The number of amides is 1. The molecule has 0 aliphatic carbocycles. The number of anilines is 1. The molecular weight excluding hydrogens is 441 g/mol. The van der Waals surface area contributed by atoms with E-state index < -0.39 is 0 Å². The maximum atomic E-state index is 13.2. The Bertz CT molecular complexity index is 1300. The maximum Gasteiger partial charge on any atom is 0.266 e. The van der Waals surface area contributed by atoms with Gasteiger partial charge in [0.15, 0.2) is 0 Å². The Morgan fingerprint density at radius 2 is 1.87 bits per heavy atom. The summed E-state index contributed by atoms with van der Waals surface area (Å²) in [4.78, 5) is 26.5. The molecule has 0 aliphatic heterocycles. The number of aromatic nitrogens is 2. The summed E-state index contributed by atoms with van der Waals surface area (Å²) in [6.45, 7) is 1.62. The fourth-order valence-electron chi connectivity index (χ4n) is 3.04. The molecule has 2 heterocycles. The van der Waals surface area contributed by atoms with Gasteiger partial charge in [-0.15, -0.1) is 11.3 Å². The molecular formula is C22H15Cl2N3O2S. The van der Waals surface area contributed by atoms with Crippen molar-refractivity contribution in [3.63, 3.8) is 0 Å². The number of benzene rings is 2. The van der Waals surface area contributed by atoms with Crippen LogP contribution < -0.4 is 10.7 Å². The Labute approximate surface area is 186 Å². The van der Waals surface area contributed by atoms with Crippen molar-refractivity contribution in [1.29, 1.82) is 0 Å². The summed E-state index contributed by atoms with van der Waals surface area (Å²) >= 11 is 13.9. The van der Waals surface area contributed by atoms with Crippen molar-refractivity contribution in [3.8, 4) is 16.8 Å². The average Bonchev–Trinajstić information content (AvgIpc) is 3.27. The molecule has 0 bridgehead atoms. The van der Waals surface area contributed by atoms with E-state index in [9.17, 15) is 9.59 Å². The molecule has 0 fully saturated rings. The molecule has 5 nitrogen and oxygen atoms in total. The Kier molecular flexibility index (Phi) is 5.72. The van der Waals surface area contributed by atoms with Crippen LogP contribution in [0.25, 0.3) is 16.8 Å². The van der Waals surface area contributed by atoms with Crippen molar-refractivity contribution in [1.82, 2.24) is 9.78 Å². The first-order valence-corrected chi connectivity index (χ1v) is 10.6. The molecule has 2 aromatic heterocycles. The third-order valence-corrected chi connectivity index (χ3v) is 5.86. The fraction of sp³-hybridized carbons (Fsp3) is 0.0455. The highest BCUT2D eigenvalue weighted by molar-refractivity contribution is 7.12. The van der Waals surface area contributed by atoms with Gasteiger partial charge in [0.25, 0.3) is 5.91 Å². The van der Waals surface area contributed by atoms with Gasteiger partial charge in [-0.3, -0.25) is 9.59 Å². The second-order valence-electron chi connectivity index (χ2n) is 6.44. The molecule has 0 radical (unpaired) electrons. The molecule has 0 atom stereocenters. The van der Waals surface area contributed by atoms with Crippen LogP contribution in [-0.4, -0.2) is 15.7 Å². The molecule has 1 N–H and O–H groups in total. The summed E-state index contributed by atoms with van der Waals surface area (Å²) in [6, 6.07) is 17.5. The molecule has 1 amide bonds. The maximum absolute atomic E-state index is 13.2. The minimum Gasteiger partial charge on any atom is -0.305 e. The van der Waals surface area contributed by atoms with Crippen molar-refractivity contribution in [2.24, 2.45) is 0 Å². The lowest BCUT2D eigenvalue weighted by molar-refractivity contribution is 0.102. The zero-order chi connectivity index (χ0) is 21.3. The molecule has 4 rings (SSSR count). The normalized spacial score (nSPS) is 10.8. The van der Waals surface area contributed by atoms with Gasteiger partial charge >= 0.3 is 0 Å². The van der Waals surface area contributed by atoms with Crippen LogP contribution in [0.2, 0.25) is 10.0 Å². The summed E-state index contributed by atoms with van der Waals surface area (Å²) in [5, 5.41) is 9.99. The van der Waals surface area contributed by atoms with E-state index in [1.165, 1.54) is 16.0 Å². The molecule has 150 valence electrons. The lowest BCUT2D eigenvalue weighted by Crippen LogP contribution is -2.24. The summed E-state index contributed by atoms with van der Waals surface area (Å²) < 4.78 is 1.51. The number of nitrogens with zero attached hydrogens (tertiary/aromatic N) is 2. The van der Waals surface area contributed by atoms with E-state index >= 15 is 0 Å². The largest absolute Gasteiger partial charge is 0.305 e. The highest BCUT2D eigenvalue weighted by Crippen LogP contribution is 2.32. The number of halogens is 2. The molecule has 30 heavy (non-hydrogen) atoms. The van der Waals surface area contributed by atoms with Crippen molar-refractivity contribution in [3.05, 3.63) is 96.9 Å². The molecule has 0 saturated heterocycles. The fourth-order valence-corrected chi connectivity index (χ4v) is 4.07. The summed E-state index contributed by atoms with van der Waals surface area (Å²) in [5.74, 6) is -0.126. The SMILES string of the molecule is Cc1nn(-c2cccc(Cl)c2)c(NC(=O)c2cccs2)c(-c2ccccc2Cl)c1=O. The summed E-state index contributed by atoms with van der Waals surface area (Å²) in [6.07, 6.45) is 0. The lowest BCUT2D eigenvalue weighted by Gasteiger charge is -2.18. The Morgan fingerprint density at radius 1 is 1.07 bits per heavy atom. The quantitative estimate of drug-likeness (QED) is 0.420. The van der Waals surface area contributed by atoms with Gasteiger partial charge in [-0.1, -0.05) is 53.5 Å². The molecule has 0 spiro atoms. The van der Waals surface area contributed by atoms with Crippen LogP contribution in [0.5, 0.6) is 0 Å². The van der Waals surface area contributed by atoms with Crippen molar-refractivity contribution < 1.29 is 4.79 Å². The number of aryl methyl sites for hydroxylation is 1. The van der Waals surface area contributed by atoms with E-state index in [1.54, 1.807) is 73.0 Å². The van der Waals surface area contributed by atoms with Crippen LogP contribution in [0, 0.1) is 6.92 Å². The van der Waals surface area contributed by atoms with E-state index in [4.69, 9.17) is 23.2 Å². The molecule has 0 aliphatic rings. The van der Waals surface area contributed by atoms with Gasteiger partial charge in [-0.05, 0) is 42.6 Å². The zero-order valence-electron chi connectivity index (χ0n) is 15.7. The van der Waals surface area contributed by atoms with Gasteiger partial charge in [0.2, 0.25) is 5.43 Å². The molecule has 2 aromatic carbocycles. The number of carbonyl (C=O) groups excluding carboxylic acids is 1. The zero-order valence-corrected chi connectivity index (χ0v) is 18.1. The van der Waals surface area contributed by atoms with Gasteiger partial charge in [0.1, 0.15) is 11.5 Å². The molecule has 4 aromatic rings. The number of rotatable bonds is 4. The van der Waals surface area contributed by atoms with E-state index in [2.05, 4.69) is 10.4 Å². The Balaban J connectivity index is 2.02. The minimum atomic E-state index is -0.348. The summed E-state index contributed by atoms with van der Waals surface area (Å²) in [5.41, 5.74) is 1.31. The van der Waals surface area contributed by atoms with E-state index in [0.29, 0.717) is 26.2 Å². The van der Waals surface area contributed by atoms with Crippen LogP contribution in [0.4, 0.5) is 5.82 Å². The number of hydrogen-bond donors (Lipinski definition) is 1. The predicted octanol–water partition coefficient (Wildman–Crippen LogP) is 5.83. The summed E-state index contributed by atoms with van der Waals surface area (Å²) in [7, 11) is 0. The molecule has 0 unspecified atom stereocenters. The van der Waals surface area contributed by atoms with Gasteiger partial charge in [0, 0.05) is 15.6 Å². The second-order valence-corrected chi connectivity index (χ2v) is 8.23. The van der Waals surface area contributed by atoms with Gasteiger partial charge < -0.3 is 5.32 Å². The average molecular weight is 456 g/mol. The van der Waals surface area contributed by atoms with Crippen LogP contribution in [0.1, 0.15) is 15.4 Å². The first-order valence-electron chi connectivity index (χ1n) is 8.95. The number of carbonyl (C=O) groups is 1. The van der Waals surface area contributed by atoms with Crippen LogP contribution >= 0.6 is 34.5 Å². The topological polar surface area (TPSA) is 64.0 Å². The minimum absolute atomic E-state index is 0.222. The standard InChI is InChI=1S/C22H15Cl2N3O2S/c1-13-20(28)19(16-8-2-3-9-17(16)24)21(25-22(29)18-10-5-11-30-18)27(26-13)15-7-4-6-14(23)12-15/h2-12H,1H3,(H,25,29). The van der Waals surface area contributed by atoms with E-state index in [-0.39, 0.29) is 28.4 Å². The third kappa shape index (κ3) is 3.89. The highest BCUT2D eigenvalue weighted by Gasteiger charge is 2.22. The first-order chi connectivity index (χ1) is 14.5. The van der Waals surface area contributed by atoms with Crippen LogP contribution in [0.15, 0.2) is 70.8 Å². The number of thiophene rings is 1. The number of nitrogens with one attached hydrogen (secondary N) is 1. The van der Waals surface area contributed by atoms with Crippen molar-refractivity contribution in [2.75, 3.05) is 5.32 Å². The highest BCUT2D eigenvalue weighted by atomic mass is 35.5. The van der Waals surface area contributed by atoms with Crippen LogP contribution in [-0.2, 0) is 0 Å². The van der Waals surface area contributed by atoms with Crippen molar-refractivity contribution >= 4 is 46.3 Å². The first kappa shape index (κ1) is 20.3. The predicted molar refractivity (Wildman–Crippen MR) is 122 cm³/mol. The van der Waals surface area contributed by atoms with Gasteiger partial charge in [0.05, 0.1) is 16.1 Å². The van der Waals surface area contributed by atoms with Gasteiger partial charge in [-0.25, -0.2) is 4.68 Å². The number of hydrogen-bond acceptors (Lipinski definition) is 4. The monoisotopic (exact) mass is 455 g/mol. The lowest BCUT2D eigenvalue weighted by atomic mass is 10.0. The van der Waals surface area contributed by atoms with E-state index in [1.807, 2.05) is 0 Å². The molecule has 0 saturated carbocycles.